The number of hydrogen-bond donors (Lipinski definition) is 5. The molecule has 0 aromatic heterocycles. The molecule has 3 fully saturated rings. The second kappa shape index (κ2) is 16.5. The van der Waals surface area contributed by atoms with E-state index in [2.05, 4.69) is 6.92 Å². The number of fused-ring (bicyclic) bond motifs is 1. The summed E-state index contributed by atoms with van der Waals surface area (Å²) >= 11 is 0. The molecule has 3 heterocycles. The van der Waals surface area contributed by atoms with Gasteiger partial charge in [-0.15, -0.1) is 0 Å². The first-order chi connectivity index (χ1) is 18.9. The minimum absolute atomic E-state index is 0.246. The summed E-state index contributed by atoms with van der Waals surface area (Å²) in [6, 6.07) is 0. The fourth-order valence-corrected chi connectivity index (χ4v) is 5.43. The Labute approximate surface area is 231 Å². The van der Waals surface area contributed by atoms with Crippen LogP contribution in [0.15, 0.2) is 0 Å². The van der Waals surface area contributed by atoms with Crippen LogP contribution in [0.2, 0.25) is 0 Å². The summed E-state index contributed by atoms with van der Waals surface area (Å²) < 4.78 is 27.6. The number of unbranched alkanes of at least 4 members (excludes halogenated alkanes) is 12. The number of carbonyl (C=O) groups excluding carboxylic acids is 1. The largest absolute Gasteiger partial charge is 0.463 e. The Morgan fingerprint density at radius 3 is 1.90 bits per heavy atom. The topological polar surface area (TPSA) is 168 Å². The zero-order valence-electron chi connectivity index (χ0n) is 23.3. The highest BCUT2D eigenvalue weighted by molar-refractivity contribution is 5.69. The summed E-state index contributed by atoms with van der Waals surface area (Å²) in [5.41, 5.74) is 0. The van der Waals surface area contributed by atoms with Crippen LogP contribution in [0.3, 0.4) is 0 Å². The SMILES string of the molecule is CCCCCCCCCCCCCCCC(=O)OC[C@H]1O[C@H](O[C@]2(CO)O[C@H](CO)[C@H]3O[C@@H]32)[C@H](O)[C@@H](O)[C@@H]1O. The number of ether oxygens (including phenoxy) is 5. The van der Waals surface area contributed by atoms with Crippen LogP contribution in [-0.4, -0.2) is 106 Å². The van der Waals surface area contributed by atoms with E-state index in [4.69, 9.17) is 23.7 Å². The molecule has 0 amide bonds. The molecule has 3 saturated heterocycles. The molecule has 11 nitrogen and oxygen atoms in total. The van der Waals surface area contributed by atoms with E-state index >= 15 is 0 Å². The van der Waals surface area contributed by atoms with Gasteiger partial charge in [0, 0.05) is 6.42 Å². The number of rotatable bonds is 20. The van der Waals surface area contributed by atoms with E-state index < -0.39 is 67.4 Å². The third-order valence-corrected chi connectivity index (χ3v) is 7.95. The Bertz CT molecular complexity index is 709. The molecule has 39 heavy (non-hydrogen) atoms. The number of epoxide rings is 1. The number of aliphatic hydroxyl groups excluding tert-OH is 5. The van der Waals surface area contributed by atoms with Gasteiger partial charge in [0.05, 0.1) is 6.61 Å². The lowest BCUT2D eigenvalue weighted by Crippen LogP contribution is -2.62. The molecular weight excluding hydrogens is 512 g/mol. The van der Waals surface area contributed by atoms with Crippen molar-refractivity contribution >= 4 is 5.97 Å². The van der Waals surface area contributed by atoms with Gasteiger partial charge in [0.1, 0.15) is 55.9 Å². The van der Waals surface area contributed by atoms with Crippen molar-refractivity contribution in [2.45, 2.75) is 152 Å². The minimum atomic E-state index is -1.69. The predicted molar refractivity (Wildman–Crippen MR) is 139 cm³/mol. The van der Waals surface area contributed by atoms with Gasteiger partial charge in [-0.1, -0.05) is 84.0 Å². The van der Waals surface area contributed by atoms with Gasteiger partial charge < -0.3 is 49.2 Å². The van der Waals surface area contributed by atoms with Crippen molar-refractivity contribution in [3.63, 3.8) is 0 Å². The van der Waals surface area contributed by atoms with E-state index in [0.717, 1.165) is 12.8 Å². The number of hydrogen-bond acceptors (Lipinski definition) is 11. The highest BCUT2D eigenvalue weighted by Gasteiger charge is 2.69. The highest BCUT2D eigenvalue weighted by Crippen LogP contribution is 2.47. The van der Waals surface area contributed by atoms with Gasteiger partial charge in [-0.3, -0.25) is 4.79 Å². The fourth-order valence-electron chi connectivity index (χ4n) is 5.43. The van der Waals surface area contributed by atoms with Gasteiger partial charge in [-0.2, -0.15) is 0 Å². The molecule has 3 aliphatic rings. The first-order valence-corrected chi connectivity index (χ1v) is 14.9. The van der Waals surface area contributed by atoms with E-state index in [1.807, 2.05) is 0 Å². The first kappa shape index (κ1) is 32.6. The Kier molecular flexibility index (Phi) is 13.8. The van der Waals surface area contributed by atoms with Crippen LogP contribution in [-0.2, 0) is 28.5 Å². The van der Waals surface area contributed by atoms with Crippen LogP contribution < -0.4 is 0 Å². The van der Waals surface area contributed by atoms with Crippen molar-refractivity contribution in [2.75, 3.05) is 19.8 Å². The Balaban J connectivity index is 1.29. The summed E-state index contributed by atoms with van der Waals surface area (Å²) in [7, 11) is 0. The molecule has 0 spiro atoms. The molecule has 0 aliphatic carbocycles. The van der Waals surface area contributed by atoms with Crippen molar-refractivity contribution < 1.29 is 54.0 Å². The molecule has 0 aromatic carbocycles. The van der Waals surface area contributed by atoms with Gasteiger partial charge in [-0.25, -0.2) is 0 Å². The van der Waals surface area contributed by atoms with E-state index in [1.165, 1.54) is 64.2 Å². The Morgan fingerprint density at radius 2 is 1.36 bits per heavy atom. The second-order valence-electron chi connectivity index (χ2n) is 11.1. The maximum Gasteiger partial charge on any atom is 0.305 e. The zero-order chi connectivity index (χ0) is 28.3. The average molecular weight is 563 g/mol. The Morgan fingerprint density at radius 1 is 0.769 bits per heavy atom. The lowest BCUT2D eigenvalue weighted by Gasteiger charge is -2.43. The van der Waals surface area contributed by atoms with Gasteiger partial charge in [0.25, 0.3) is 0 Å². The second-order valence-corrected chi connectivity index (χ2v) is 11.1. The van der Waals surface area contributed by atoms with Crippen LogP contribution >= 0.6 is 0 Å². The third kappa shape index (κ3) is 9.31. The molecule has 0 bridgehead atoms. The third-order valence-electron chi connectivity index (χ3n) is 7.95. The maximum atomic E-state index is 12.2. The van der Waals surface area contributed by atoms with Crippen LogP contribution in [0.4, 0.5) is 0 Å². The normalized spacial score (nSPS) is 35.6. The van der Waals surface area contributed by atoms with Crippen LogP contribution in [0.25, 0.3) is 0 Å². The maximum absolute atomic E-state index is 12.2. The van der Waals surface area contributed by atoms with Crippen LogP contribution in [0.5, 0.6) is 0 Å². The number of aliphatic hydroxyl groups is 5. The van der Waals surface area contributed by atoms with Crippen LogP contribution in [0.1, 0.15) is 96.8 Å². The van der Waals surface area contributed by atoms with E-state index in [1.54, 1.807) is 0 Å². The van der Waals surface area contributed by atoms with Gasteiger partial charge in [0.15, 0.2) is 6.29 Å². The summed E-state index contributed by atoms with van der Waals surface area (Å²) in [6.45, 7) is 0.908. The zero-order valence-corrected chi connectivity index (χ0v) is 23.3. The molecule has 11 heteroatoms. The van der Waals surface area contributed by atoms with Crippen molar-refractivity contribution in [3.8, 4) is 0 Å². The summed E-state index contributed by atoms with van der Waals surface area (Å²) in [4.78, 5) is 12.2. The van der Waals surface area contributed by atoms with Crippen molar-refractivity contribution in [1.82, 2.24) is 0 Å². The smallest absolute Gasteiger partial charge is 0.305 e. The molecule has 3 rings (SSSR count). The van der Waals surface area contributed by atoms with Crippen molar-refractivity contribution in [2.24, 2.45) is 0 Å². The lowest BCUT2D eigenvalue weighted by molar-refractivity contribution is -0.382. The summed E-state index contributed by atoms with van der Waals surface area (Å²) in [5.74, 6) is -2.13. The predicted octanol–water partition coefficient (Wildman–Crippen LogP) is 1.68. The number of carbonyl (C=O) groups is 1. The summed E-state index contributed by atoms with van der Waals surface area (Å²) in [5, 5.41) is 50.4. The number of esters is 1. The molecular formula is C28H50O11. The summed E-state index contributed by atoms with van der Waals surface area (Å²) in [6.07, 6.45) is 6.64. The van der Waals surface area contributed by atoms with E-state index in [9.17, 15) is 30.3 Å². The van der Waals surface area contributed by atoms with Crippen molar-refractivity contribution in [3.05, 3.63) is 0 Å². The minimum Gasteiger partial charge on any atom is -0.463 e. The van der Waals surface area contributed by atoms with E-state index in [-0.39, 0.29) is 19.6 Å². The molecule has 3 aliphatic heterocycles. The highest BCUT2D eigenvalue weighted by atomic mass is 16.8. The van der Waals surface area contributed by atoms with E-state index in [0.29, 0.717) is 6.42 Å². The quantitative estimate of drug-likeness (QED) is 0.0832. The van der Waals surface area contributed by atoms with Crippen molar-refractivity contribution in [1.29, 1.82) is 0 Å². The fraction of sp³-hybridized carbons (Fsp3) is 0.964. The molecule has 9 atom stereocenters. The van der Waals surface area contributed by atoms with Crippen LogP contribution in [0, 0.1) is 0 Å². The molecule has 0 aromatic rings. The Hall–Kier alpha value is -0.890. The molecule has 0 unspecified atom stereocenters. The molecule has 0 radical (unpaired) electrons. The average Bonchev–Trinajstić information content (AvgIpc) is 3.69. The standard InChI is InChI=1S/C28H50O11/c1-2-3-4-5-6-7-8-9-10-11-12-13-14-15-21(31)35-17-20-22(32)23(33)24(34)27(36-20)39-28(18-30)26-25(37-26)19(16-29)38-28/h19-20,22-27,29-30,32-34H,2-18H2,1H3/t19-,20-,22-,23+,24-,25-,26+,27-,28+/m1/s1. The molecule has 5 N–H and O–H groups in total. The molecule has 0 saturated carbocycles. The monoisotopic (exact) mass is 562 g/mol. The molecule has 228 valence electrons. The van der Waals surface area contributed by atoms with Gasteiger partial charge in [-0.05, 0) is 6.42 Å². The lowest BCUT2D eigenvalue weighted by atomic mass is 9.99. The first-order valence-electron chi connectivity index (χ1n) is 14.9. The van der Waals surface area contributed by atoms with Gasteiger partial charge in [0.2, 0.25) is 5.79 Å². The van der Waals surface area contributed by atoms with Gasteiger partial charge >= 0.3 is 5.97 Å².